The normalized spacial score (nSPS) is 17.9. The standard InChI is InChI=1S/C15H19ClO2/c1-2-18-15(8-3-4-9-15)14(17)11-12-6-5-7-13(16)10-12/h5-7,10H,2-4,8-9,11H2,1H3. The first-order chi connectivity index (χ1) is 8.66. The first kappa shape index (κ1) is 13.6. The fourth-order valence-electron chi connectivity index (χ4n) is 2.72. The van der Waals surface area contributed by atoms with Gasteiger partial charge in [0.15, 0.2) is 5.78 Å². The van der Waals surface area contributed by atoms with Crippen molar-refractivity contribution in [1.29, 1.82) is 0 Å². The molecule has 98 valence electrons. The summed E-state index contributed by atoms with van der Waals surface area (Å²) in [6.07, 6.45) is 4.31. The highest BCUT2D eigenvalue weighted by atomic mass is 35.5. The SMILES string of the molecule is CCOC1(C(=O)Cc2cccc(Cl)c2)CCCC1. The Bertz CT molecular complexity index is 422. The molecule has 0 N–H and O–H groups in total. The van der Waals surface area contributed by atoms with Crippen molar-refractivity contribution in [3.8, 4) is 0 Å². The fourth-order valence-corrected chi connectivity index (χ4v) is 2.93. The predicted molar refractivity (Wildman–Crippen MR) is 73.0 cm³/mol. The van der Waals surface area contributed by atoms with E-state index in [0.29, 0.717) is 18.1 Å². The van der Waals surface area contributed by atoms with Crippen LogP contribution in [0.4, 0.5) is 0 Å². The van der Waals surface area contributed by atoms with E-state index in [-0.39, 0.29) is 5.78 Å². The van der Waals surface area contributed by atoms with Gasteiger partial charge in [-0.1, -0.05) is 23.7 Å². The Morgan fingerprint density at radius 1 is 1.39 bits per heavy atom. The molecule has 0 amide bonds. The van der Waals surface area contributed by atoms with E-state index in [2.05, 4.69) is 0 Å². The van der Waals surface area contributed by atoms with Crippen LogP contribution in [-0.2, 0) is 16.0 Å². The van der Waals surface area contributed by atoms with Crippen molar-refractivity contribution in [3.05, 3.63) is 34.9 Å². The zero-order valence-electron chi connectivity index (χ0n) is 10.7. The lowest BCUT2D eigenvalue weighted by molar-refractivity contribution is -0.142. The highest BCUT2D eigenvalue weighted by molar-refractivity contribution is 6.30. The van der Waals surface area contributed by atoms with Crippen LogP contribution in [0.25, 0.3) is 0 Å². The lowest BCUT2D eigenvalue weighted by atomic mass is 9.91. The third kappa shape index (κ3) is 2.93. The van der Waals surface area contributed by atoms with Gasteiger partial charge in [0.25, 0.3) is 0 Å². The van der Waals surface area contributed by atoms with Crippen molar-refractivity contribution in [2.75, 3.05) is 6.61 Å². The summed E-state index contributed by atoms with van der Waals surface area (Å²) in [6.45, 7) is 2.55. The zero-order valence-corrected chi connectivity index (χ0v) is 11.5. The van der Waals surface area contributed by atoms with Gasteiger partial charge >= 0.3 is 0 Å². The Morgan fingerprint density at radius 2 is 2.11 bits per heavy atom. The maximum Gasteiger partial charge on any atom is 0.168 e. The number of rotatable bonds is 5. The molecular weight excluding hydrogens is 248 g/mol. The average Bonchev–Trinajstić information content (AvgIpc) is 2.79. The fraction of sp³-hybridized carbons (Fsp3) is 0.533. The van der Waals surface area contributed by atoms with Crippen LogP contribution in [0.3, 0.4) is 0 Å². The van der Waals surface area contributed by atoms with E-state index in [1.165, 1.54) is 0 Å². The molecule has 0 atom stereocenters. The quantitative estimate of drug-likeness (QED) is 0.810. The lowest BCUT2D eigenvalue weighted by Crippen LogP contribution is -2.40. The summed E-state index contributed by atoms with van der Waals surface area (Å²) in [4.78, 5) is 12.5. The van der Waals surface area contributed by atoms with Crippen LogP contribution in [-0.4, -0.2) is 18.0 Å². The summed E-state index contributed by atoms with van der Waals surface area (Å²) < 4.78 is 5.77. The lowest BCUT2D eigenvalue weighted by Gasteiger charge is -2.27. The van der Waals surface area contributed by atoms with Gasteiger partial charge in [0.2, 0.25) is 0 Å². The van der Waals surface area contributed by atoms with Gasteiger partial charge in [0.05, 0.1) is 0 Å². The van der Waals surface area contributed by atoms with Crippen LogP contribution in [0.2, 0.25) is 5.02 Å². The minimum absolute atomic E-state index is 0.198. The first-order valence-corrected chi connectivity index (χ1v) is 6.96. The molecule has 0 saturated heterocycles. The molecule has 1 aliphatic rings. The van der Waals surface area contributed by atoms with Gasteiger partial charge in [-0.25, -0.2) is 0 Å². The van der Waals surface area contributed by atoms with Gasteiger partial charge in [-0.15, -0.1) is 0 Å². The molecule has 0 heterocycles. The molecular formula is C15H19ClO2. The van der Waals surface area contributed by atoms with Crippen LogP contribution in [0.5, 0.6) is 0 Å². The molecule has 0 radical (unpaired) electrons. The maximum absolute atomic E-state index is 12.5. The number of ketones is 1. The monoisotopic (exact) mass is 266 g/mol. The Balaban J connectivity index is 2.10. The maximum atomic E-state index is 12.5. The summed E-state index contributed by atoms with van der Waals surface area (Å²) >= 11 is 5.94. The number of halogens is 1. The summed E-state index contributed by atoms with van der Waals surface area (Å²) in [5, 5.41) is 0.678. The molecule has 1 aromatic rings. The third-order valence-corrected chi connectivity index (χ3v) is 3.83. The number of carbonyl (C=O) groups is 1. The van der Waals surface area contributed by atoms with Crippen LogP contribution in [0, 0.1) is 0 Å². The van der Waals surface area contributed by atoms with E-state index in [9.17, 15) is 4.79 Å². The largest absolute Gasteiger partial charge is 0.367 e. The van der Waals surface area contributed by atoms with E-state index in [0.717, 1.165) is 31.2 Å². The van der Waals surface area contributed by atoms with Gasteiger partial charge in [-0.3, -0.25) is 4.79 Å². The smallest absolute Gasteiger partial charge is 0.168 e. The van der Waals surface area contributed by atoms with Crippen LogP contribution in [0.15, 0.2) is 24.3 Å². The second-order valence-corrected chi connectivity index (χ2v) is 5.30. The molecule has 0 spiro atoms. The molecule has 0 aromatic heterocycles. The van der Waals surface area contributed by atoms with E-state index in [1.54, 1.807) is 0 Å². The summed E-state index contributed by atoms with van der Waals surface area (Å²) in [5.41, 5.74) is 0.440. The molecule has 1 aliphatic carbocycles. The first-order valence-electron chi connectivity index (χ1n) is 6.58. The highest BCUT2D eigenvalue weighted by Gasteiger charge is 2.41. The topological polar surface area (TPSA) is 26.3 Å². The minimum Gasteiger partial charge on any atom is -0.367 e. The Kier molecular flexibility index (Phi) is 4.41. The molecule has 0 aliphatic heterocycles. The second-order valence-electron chi connectivity index (χ2n) is 4.86. The van der Waals surface area contributed by atoms with Crippen molar-refractivity contribution >= 4 is 17.4 Å². The molecule has 0 unspecified atom stereocenters. The molecule has 2 rings (SSSR count). The summed E-state index contributed by atoms with van der Waals surface area (Å²) in [5.74, 6) is 0.198. The molecule has 2 nitrogen and oxygen atoms in total. The van der Waals surface area contributed by atoms with Crippen molar-refractivity contribution in [1.82, 2.24) is 0 Å². The number of carbonyl (C=O) groups excluding carboxylic acids is 1. The molecule has 1 fully saturated rings. The van der Waals surface area contributed by atoms with Crippen LogP contribution in [0.1, 0.15) is 38.2 Å². The summed E-state index contributed by atoms with van der Waals surface area (Å²) in [7, 11) is 0. The van der Waals surface area contributed by atoms with Crippen molar-refractivity contribution in [3.63, 3.8) is 0 Å². The molecule has 1 saturated carbocycles. The number of ether oxygens (including phenoxy) is 1. The number of benzene rings is 1. The Morgan fingerprint density at radius 3 is 2.72 bits per heavy atom. The van der Waals surface area contributed by atoms with E-state index in [4.69, 9.17) is 16.3 Å². The van der Waals surface area contributed by atoms with Crippen molar-refractivity contribution < 1.29 is 9.53 Å². The van der Waals surface area contributed by atoms with E-state index in [1.807, 2.05) is 31.2 Å². The Hall–Kier alpha value is -0.860. The third-order valence-electron chi connectivity index (χ3n) is 3.59. The van der Waals surface area contributed by atoms with E-state index >= 15 is 0 Å². The van der Waals surface area contributed by atoms with Crippen LogP contribution < -0.4 is 0 Å². The van der Waals surface area contributed by atoms with Crippen molar-refractivity contribution in [2.24, 2.45) is 0 Å². The predicted octanol–water partition coefficient (Wildman–Crippen LogP) is 3.80. The van der Waals surface area contributed by atoms with Gasteiger partial charge in [-0.2, -0.15) is 0 Å². The average molecular weight is 267 g/mol. The van der Waals surface area contributed by atoms with Gasteiger partial charge in [-0.05, 0) is 50.3 Å². The molecule has 18 heavy (non-hydrogen) atoms. The summed E-state index contributed by atoms with van der Waals surface area (Å²) in [6, 6.07) is 7.50. The Labute approximate surface area is 113 Å². The second kappa shape index (κ2) is 5.85. The highest BCUT2D eigenvalue weighted by Crippen LogP contribution is 2.35. The van der Waals surface area contributed by atoms with Gasteiger partial charge < -0.3 is 4.74 Å². The number of hydrogen-bond acceptors (Lipinski definition) is 2. The van der Waals surface area contributed by atoms with Crippen molar-refractivity contribution in [2.45, 2.75) is 44.6 Å². The molecule has 1 aromatic carbocycles. The van der Waals surface area contributed by atoms with E-state index < -0.39 is 5.60 Å². The van der Waals surface area contributed by atoms with Gasteiger partial charge in [0, 0.05) is 18.1 Å². The molecule has 0 bridgehead atoms. The number of Topliss-reactive ketones (excluding diaryl/α,β-unsaturated/α-hetero) is 1. The molecule has 3 heteroatoms. The van der Waals surface area contributed by atoms with Crippen LogP contribution >= 0.6 is 11.6 Å². The minimum atomic E-state index is -0.531. The van der Waals surface area contributed by atoms with Gasteiger partial charge in [0.1, 0.15) is 5.60 Å². The number of hydrogen-bond donors (Lipinski definition) is 0. The zero-order chi connectivity index (χ0) is 13.0.